The lowest BCUT2D eigenvalue weighted by Crippen LogP contribution is -2.38. The Morgan fingerprint density at radius 1 is 1.19 bits per heavy atom. The van der Waals surface area contributed by atoms with E-state index >= 15 is 0 Å². The zero-order valence-corrected chi connectivity index (χ0v) is 18.0. The molecule has 1 saturated heterocycles. The van der Waals surface area contributed by atoms with Crippen molar-refractivity contribution < 1.29 is 9.90 Å². The smallest absolute Gasteiger partial charge is 0.324 e. The molecule has 1 aliphatic carbocycles. The van der Waals surface area contributed by atoms with Crippen molar-refractivity contribution in [2.45, 2.75) is 51.1 Å². The largest absolute Gasteiger partial charge is 0.395 e. The van der Waals surface area contributed by atoms with Gasteiger partial charge in [-0.2, -0.15) is 0 Å². The molecule has 162 valence electrons. The minimum absolute atomic E-state index is 0.150. The van der Waals surface area contributed by atoms with Crippen LogP contribution in [-0.4, -0.2) is 43.7 Å². The summed E-state index contributed by atoms with van der Waals surface area (Å²) in [4.78, 5) is 38.6. The summed E-state index contributed by atoms with van der Waals surface area (Å²) in [5, 5.41) is 13.7. The number of amides is 2. The molecule has 0 saturated carbocycles. The lowest BCUT2D eigenvalue weighted by atomic mass is 10.0. The van der Waals surface area contributed by atoms with Crippen molar-refractivity contribution in [3.63, 3.8) is 0 Å². The monoisotopic (exact) mass is 439 g/mol. The summed E-state index contributed by atoms with van der Waals surface area (Å²) in [6.45, 7) is 0.567. The van der Waals surface area contributed by atoms with E-state index in [1.165, 1.54) is 15.9 Å². The van der Waals surface area contributed by atoms with Gasteiger partial charge in [0.1, 0.15) is 5.82 Å². The fraction of sp³-hybridized carbons (Fsp3) is 0.455. The molecule has 1 unspecified atom stereocenters. The van der Waals surface area contributed by atoms with E-state index in [4.69, 9.17) is 4.98 Å². The van der Waals surface area contributed by atoms with E-state index in [9.17, 15) is 14.7 Å². The molecule has 5 rings (SSSR count). The van der Waals surface area contributed by atoms with Gasteiger partial charge in [0.2, 0.25) is 0 Å². The lowest BCUT2D eigenvalue weighted by Gasteiger charge is -2.26. The summed E-state index contributed by atoms with van der Waals surface area (Å²) >= 11 is 1.56. The molecule has 0 bridgehead atoms. The highest BCUT2D eigenvalue weighted by atomic mass is 32.1. The number of aliphatic hydroxyl groups excluding tert-OH is 1. The van der Waals surface area contributed by atoms with Crippen LogP contribution in [0.5, 0.6) is 0 Å². The van der Waals surface area contributed by atoms with Crippen molar-refractivity contribution in [3.05, 3.63) is 51.0 Å². The average Bonchev–Trinajstić information content (AvgIpc) is 3.42. The SMILES string of the molecule is O=C(Nc1nc2c(s1)CCCC2)N1CCCC1c1nc2ccccc2c(=O)n1CCO. The Bertz CT molecular complexity index is 1160. The van der Waals surface area contributed by atoms with Gasteiger partial charge in [0.05, 0.1) is 35.8 Å². The first kappa shape index (κ1) is 20.1. The molecule has 9 heteroatoms. The minimum atomic E-state index is -0.321. The van der Waals surface area contributed by atoms with E-state index in [-0.39, 0.29) is 30.8 Å². The number of hydrogen-bond donors (Lipinski definition) is 2. The zero-order valence-electron chi connectivity index (χ0n) is 17.2. The number of urea groups is 1. The van der Waals surface area contributed by atoms with Crippen LogP contribution in [0.3, 0.4) is 0 Å². The molecular formula is C22H25N5O3S. The third-order valence-electron chi connectivity index (χ3n) is 6.09. The topological polar surface area (TPSA) is 100 Å². The molecule has 2 N–H and O–H groups in total. The fourth-order valence-corrected chi connectivity index (χ4v) is 5.64. The third kappa shape index (κ3) is 3.72. The number of likely N-dealkylation sites (tertiary alicyclic amines) is 1. The number of anilines is 1. The first-order chi connectivity index (χ1) is 15.2. The Kier molecular flexibility index (Phi) is 5.45. The van der Waals surface area contributed by atoms with Crippen LogP contribution in [0, 0.1) is 0 Å². The summed E-state index contributed by atoms with van der Waals surface area (Å²) in [7, 11) is 0. The number of carbonyl (C=O) groups excluding carboxylic acids is 1. The summed E-state index contributed by atoms with van der Waals surface area (Å²) < 4.78 is 1.51. The van der Waals surface area contributed by atoms with Crippen LogP contribution in [0.2, 0.25) is 0 Å². The van der Waals surface area contributed by atoms with E-state index in [1.807, 2.05) is 12.1 Å². The predicted molar refractivity (Wildman–Crippen MR) is 120 cm³/mol. The van der Waals surface area contributed by atoms with Gasteiger partial charge in [0.15, 0.2) is 5.13 Å². The molecule has 1 aromatic carbocycles. The third-order valence-corrected chi connectivity index (χ3v) is 7.16. The Balaban J connectivity index is 1.46. The summed E-state index contributed by atoms with van der Waals surface area (Å²) in [6.07, 6.45) is 5.87. The molecule has 3 aromatic rings. The van der Waals surface area contributed by atoms with Crippen LogP contribution in [0.1, 0.15) is 48.1 Å². The molecule has 8 nitrogen and oxygen atoms in total. The van der Waals surface area contributed by atoms with Crippen LogP contribution >= 0.6 is 11.3 Å². The molecule has 2 amide bonds. The summed E-state index contributed by atoms with van der Waals surface area (Å²) in [5.74, 6) is 0.531. The highest BCUT2D eigenvalue weighted by molar-refractivity contribution is 7.15. The maximum absolute atomic E-state index is 13.1. The number of fused-ring (bicyclic) bond motifs is 2. The Morgan fingerprint density at radius 2 is 2.03 bits per heavy atom. The number of aromatic nitrogens is 3. The van der Waals surface area contributed by atoms with Crippen LogP contribution in [-0.2, 0) is 19.4 Å². The van der Waals surface area contributed by atoms with Crippen LogP contribution in [0.15, 0.2) is 29.1 Å². The number of hydrogen-bond acceptors (Lipinski definition) is 6. The molecule has 1 atom stereocenters. The first-order valence-electron chi connectivity index (χ1n) is 10.8. The Hall–Kier alpha value is -2.78. The van der Waals surface area contributed by atoms with Crippen molar-refractivity contribution in [1.82, 2.24) is 19.4 Å². The lowest BCUT2D eigenvalue weighted by molar-refractivity contribution is 0.201. The van der Waals surface area contributed by atoms with Crippen molar-refractivity contribution >= 4 is 33.4 Å². The summed E-state index contributed by atoms with van der Waals surface area (Å²) in [5.41, 5.74) is 1.53. The first-order valence-corrected chi connectivity index (χ1v) is 11.6. The molecule has 2 aliphatic rings. The average molecular weight is 440 g/mol. The van der Waals surface area contributed by atoms with Crippen LogP contribution in [0.25, 0.3) is 10.9 Å². The predicted octanol–water partition coefficient (Wildman–Crippen LogP) is 3.09. The molecule has 31 heavy (non-hydrogen) atoms. The number of thiazole rings is 1. The highest BCUT2D eigenvalue weighted by Gasteiger charge is 2.34. The van der Waals surface area contributed by atoms with Gasteiger partial charge in [0, 0.05) is 11.4 Å². The fourth-order valence-electron chi connectivity index (χ4n) is 4.60. The minimum Gasteiger partial charge on any atom is -0.395 e. The number of nitrogens with zero attached hydrogens (tertiary/aromatic N) is 4. The number of carbonyl (C=O) groups is 1. The summed E-state index contributed by atoms with van der Waals surface area (Å²) in [6, 6.07) is 6.66. The van der Waals surface area contributed by atoms with Gasteiger partial charge in [-0.3, -0.25) is 14.7 Å². The molecule has 0 spiro atoms. The number of aryl methyl sites for hydroxylation is 2. The van der Waals surface area contributed by atoms with E-state index in [1.54, 1.807) is 28.4 Å². The maximum atomic E-state index is 13.1. The molecule has 1 aliphatic heterocycles. The second-order valence-corrected chi connectivity index (χ2v) is 9.13. The number of benzene rings is 1. The van der Waals surface area contributed by atoms with Crippen molar-refractivity contribution in [2.24, 2.45) is 0 Å². The standard InChI is InChI=1S/C22H25N5O3S/c28-13-12-27-19(23-15-7-2-1-6-14(15)20(27)29)17-9-5-11-26(17)22(30)25-21-24-16-8-3-4-10-18(16)31-21/h1-2,6-7,17,28H,3-5,8-13H2,(H,24,25,30). The quantitative estimate of drug-likeness (QED) is 0.651. The maximum Gasteiger partial charge on any atom is 0.324 e. The van der Waals surface area contributed by atoms with E-state index in [0.717, 1.165) is 37.8 Å². The number of rotatable bonds is 4. The van der Waals surface area contributed by atoms with Gasteiger partial charge in [-0.25, -0.2) is 14.8 Å². The highest BCUT2D eigenvalue weighted by Crippen LogP contribution is 2.33. The second-order valence-electron chi connectivity index (χ2n) is 8.05. The van der Waals surface area contributed by atoms with Crippen molar-refractivity contribution in [1.29, 1.82) is 0 Å². The van der Waals surface area contributed by atoms with Crippen molar-refractivity contribution in [3.8, 4) is 0 Å². The van der Waals surface area contributed by atoms with Gasteiger partial charge in [-0.05, 0) is 50.7 Å². The van der Waals surface area contributed by atoms with Gasteiger partial charge in [-0.15, -0.1) is 11.3 Å². The van der Waals surface area contributed by atoms with Gasteiger partial charge >= 0.3 is 6.03 Å². The van der Waals surface area contributed by atoms with E-state index < -0.39 is 0 Å². The van der Waals surface area contributed by atoms with Crippen LogP contribution < -0.4 is 10.9 Å². The van der Waals surface area contributed by atoms with Gasteiger partial charge < -0.3 is 10.0 Å². The number of nitrogens with one attached hydrogen (secondary N) is 1. The molecule has 3 heterocycles. The number of aliphatic hydroxyl groups is 1. The molecule has 1 fully saturated rings. The molecular weight excluding hydrogens is 414 g/mol. The molecule has 2 aromatic heterocycles. The van der Waals surface area contributed by atoms with E-state index in [0.29, 0.717) is 28.4 Å². The molecule has 0 radical (unpaired) electrons. The second kappa shape index (κ2) is 8.39. The van der Waals surface area contributed by atoms with Gasteiger partial charge in [-0.1, -0.05) is 12.1 Å². The number of para-hydroxylation sites is 1. The van der Waals surface area contributed by atoms with Gasteiger partial charge in [0.25, 0.3) is 5.56 Å². The zero-order chi connectivity index (χ0) is 21.4. The van der Waals surface area contributed by atoms with Crippen molar-refractivity contribution in [2.75, 3.05) is 18.5 Å². The Labute approximate surface area is 183 Å². The van der Waals surface area contributed by atoms with Crippen LogP contribution in [0.4, 0.5) is 9.93 Å². The van der Waals surface area contributed by atoms with E-state index in [2.05, 4.69) is 10.3 Å². The normalized spacial score (nSPS) is 18.4. The Morgan fingerprint density at radius 3 is 2.87 bits per heavy atom.